The summed E-state index contributed by atoms with van der Waals surface area (Å²) >= 11 is 0. The first kappa shape index (κ1) is 13.9. The van der Waals surface area contributed by atoms with Crippen LogP contribution in [-0.2, 0) is 4.79 Å². The van der Waals surface area contributed by atoms with Crippen molar-refractivity contribution in [2.45, 2.75) is 19.8 Å². The van der Waals surface area contributed by atoms with Crippen molar-refractivity contribution in [2.24, 2.45) is 11.3 Å². The van der Waals surface area contributed by atoms with Gasteiger partial charge in [-0.15, -0.1) is 0 Å². The second-order valence-electron chi connectivity index (χ2n) is 5.40. The molecule has 104 valence electrons. The lowest BCUT2D eigenvalue weighted by molar-refractivity contribution is -0.125. The van der Waals surface area contributed by atoms with Gasteiger partial charge in [-0.05, 0) is 25.0 Å². The van der Waals surface area contributed by atoms with Crippen LogP contribution in [-0.4, -0.2) is 30.8 Å². The number of rotatable bonds is 7. The van der Waals surface area contributed by atoms with E-state index in [0.717, 1.165) is 18.6 Å². The van der Waals surface area contributed by atoms with Crippen molar-refractivity contribution in [3.05, 3.63) is 30.3 Å². The number of benzene rings is 1. The lowest BCUT2D eigenvalue weighted by Gasteiger charge is -2.16. The summed E-state index contributed by atoms with van der Waals surface area (Å²) in [6, 6.07) is 9.47. The largest absolute Gasteiger partial charge is 0.493 e. The van der Waals surface area contributed by atoms with Crippen LogP contribution in [0.5, 0.6) is 5.75 Å². The summed E-state index contributed by atoms with van der Waals surface area (Å²) in [4.78, 5) is 11.9. The van der Waals surface area contributed by atoms with Gasteiger partial charge in [0.2, 0.25) is 5.91 Å². The van der Waals surface area contributed by atoms with Gasteiger partial charge in [0.1, 0.15) is 5.75 Å². The average molecular weight is 263 g/mol. The van der Waals surface area contributed by atoms with Crippen LogP contribution in [0.15, 0.2) is 30.3 Å². The normalized spacial score (nSPS) is 17.6. The molecular formula is C15H21NO3. The second-order valence-corrected chi connectivity index (χ2v) is 5.40. The van der Waals surface area contributed by atoms with Crippen molar-refractivity contribution in [3.8, 4) is 5.75 Å². The molecule has 0 aromatic heterocycles. The number of carbonyl (C=O) groups is 1. The number of carbonyl (C=O) groups excluding carboxylic acids is 1. The molecule has 0 radical (unpaired) electrons. The van der Waals surface area contributed by atoms with Crippen LogP contribution in [0.4, 0.5) is 0 Å². The number of ether oxygens (including phenoxy) is 1. The summed E-state index contributed by atoms with van der Waals surface area (Å²) < 4.78 is 5.55. The lowest BCUT2D eigenvalue weighted by Crippen LogP contribution is -2.37. The summed E-state index contributed by atoms with van der Waals surface area (Å²) in [7, 11) is 0. The van der Waals surface area contributed by atoms with Gasteiger partial charge in [0.25, 0.3) is 0 Å². The van der Waals surface area contributed by atoms with Crippen molar-refractivity contribution >= 4 is 5.91 Å². The Hall–Kier alpha value is -1.55. The third-order valence-corrected chi connectivity index (χ3v) is 3.62. The minimum Gasteiger partial charge on any atom is -0.493 e. The summed E-state index contributed by atoms with van der Waals surface area (Å²) in [6.45, 7) is 2.93. The average Bonchev–Trinajstić information content (AvgIpc) is 3.24. The Balaban J connectivity index is 1.70. The highest BCUT2D eigenvalue weighted by molar-refractivity contribution is 5.78. The van der Waals surface area contributed by atoms with Crippen LogP contribution in [0.2, 0.25) is 0 Å². The van der Waals surface area contributed by atoms with Crippen molar-refractivity contribution in [1.29, 1.82) is 0 Å². The van der Waals surface area contributed by atoms with Crippen molar-refractivity contribution in [2.75, 3.05) is 19.8 Å². The number of aliphatic hydroxyl groups excluding tert-OH is 1. The van der Waals surface area contributed by atoms with E-state index < -0.39 is 0 Å². The monoisotopic (exact) mass is 263 g/mol. The number of amides is 1. The van der Waals surface area contributed by atoms with Crippen molar-refractivity contribution in [3.63, 3.8) is 0 Å². The minimum atomic E-state index is -0.199. The van der Waals surface area contributed by atoms with Crippen LogP contribution in [0.1, 0.15) is 19.8 Å². The van der Waals surface area contributed by atoms with Crippen molar-refractivity contribution < 1.29 is 14.6 Å². The molecule has 2 rings (SSSR count). The smallest absolute Gasteiger partial charge is 0.226 e. The SMILES string of the molecule is CC(COc1ccccc1)C(=O)NCC1(CO)CC1. The first-order chi connectivity index (χ1) is 9.15. The molecule has 1 fully saturated rings. The highest BCUT2D eigenvalue weighted by Crippen LogP contribution is 2.44. The first-order valence-electron chi connectivity index (χ1n) is 6.72. The van der Waals surface area contributed by atoms with Crippen LogP contribution in [0, 0.1) is 11.3 Å². The van der Waals surface area contributed by atoms with E-state index in [1.165, 1.54) is 0 Å². The first-order valence-corrected chi connectivity index (χ1v) is 6.72. The highest BCUT2D eigenvalue weighted by Gasteiger charge is 2.42. The van der Waals surface area contributed by atoms with E-state index in [-0.39, 0.29) is 23.8 Å². The molecule has 2 N–H and O–H groups in total. The molecule has 1 amide bonds. The maximum absolute atomic E-state index is 11.9. The molecule has 0 bridgehead atoms. The summed E-state index contributed by atoms with van der Waals surface area (Å²) in [6.07, 6.45) is 2.00. The van der Waals surface area contributed by atoms with Crippen LogP contribution in [0.25, 0.3) is 0 Å². The Morgan fingerprint density at radius 1 is 1.42 bits per heavy atom. The van der Waals surface area contributed by atoms with Gasteiger partial charge in [-0.25, -0.2) is 0 Å². The van der Waals surface area contributed by atoms with Gasteiger partial charge in [-0.1, -0.05) is 25.1 Å². The van der Waals surface area contributed by atoms with Crippen LogP contribution >= 0.6 is 0 Å². The van der Waals surface area contributed by atoms with Gasteiger partial charge >= 0.3 is 0 Å². The maximum Gasteiger partial charge on any atom is 0.226 e. The van der Waals surface area contributed by atoms with Crippen LogP contribution < -0.4 is 10.1 Å². The fourth-order valence-corrected chi connectivity index (χ4v) is 1.83. The van der Waals surface area contributed by atoms with E-state index in [9.17, 15) is 9.90 Å². The summed E-state index contributed by atoms with van der Waals surface area (Å²) in [5.74, 6) is 0.557. The van der Waals surface area contributed by atoms with Gasteiger partial charge in [-0.2, -0.15) is 0 Å². The Morgan fingerprint density at radius 3 is 2.68 bits per heavy atom. The highest BCUT2D eigenvalue weighted by atomic mass is 16.5. The predicted molar refractivity (Wildman–Crippen MR) is 72.9 cm³/mol. The minimum absolute atomic E-state index is 0.0179. The molecule has 1 saturated carbocycles. The van der Waals surface area contributed by atoms with Crippen molar-refractivity contribution in [1.82, 2.24) is 5.32 Å². The summed E-state index contributed by atoms with van der Waals surface area (Å²) in [5.41, 5.74) is -0.0460. The quantitative estimate of drug-likeness (QED) is 0.785. The Labute approximate surface area is 113 Å². The third-order valence-electron chi connectivity index (χ3n) is 3.62. The third kappa shape index (κ3) is 3.96. The molecule has 1 aliphatic carbocycles. The molecule has 0 heterocycles. The predicted octanol–water partition coefficient (Wildman–Crippen LogP) is 1.59. The lowest BCUT2D eigenvalue weighted by atomic mass is 10.1. The van der Waals surface area contributed by atoms with Crippen LogP contribution in [0.3, 0.4) is 0 Å². The van der Waals surface area contributed by atoms with Gasteiger partial charge in [0.15, 0.2) is 0 Å². The molecule has 0 saturated heterocycles. The maximum atomic E-state index is 11.9. The number of hydrogen-bond acceptors (Lipinski definition) is 3. The fourth-order valence-electron chi connectivity index (χ4n) is 1.83. The molecule has 4 nitrogen and oxygen atoms in total. The molecule has 1 aromatic carbocycles. The molecule has 19 heavy (non-hydrogen) atoms. The standard InChI is InChI=1S/C15H21NO3/c1-12(9-19-13-5-3-2-4-6-13)14(18)16-10-15(11-17)7-8-15/h2-6,12,17H,7-11H2,1H3,(H,16,18). The Kier molecular flexibility index (Phi) is 4.43. The topological polar surface area (TPSA) is 58.6 Å². The zero-order valence-corrected chi connectivity index (χ0v) is 11.3. The molecule has 0 spiro atoms. The van der Waals surface area contributed by atoms with E-state index >= 15 is 0 Å². The van der Waals surface area contributed by atoms with E-state index in [1.807, 2.05) is 37.3 Å². The van der Waals surface area contributed by atoms with E-state index in [1.54, 1.807) is 0 Å². The molecule has 0 aliphatic heterocycles. The van der Waals surface area contributed by atoms with Gasteiger partial charge in [0.05, 0.1) is 19.1 Å². The molecule has 1 aromatic rings. The fraction of sp³-hybridized carbons (Fsp3) is 0.533. The number of aliphatic hydroxyl groups is 1. The Morgan fingerprint density at radius 2 is 2.11 bits per heavy atom. The molecule has 4 heteroatoms. The van der Waals surface area contributed by atoms with E-state index in [4.69, 9.17) is 4.74 Å². The van der Waals surface area contributed by atoms with Gasteiger partial charge < -0.3 is 15.2 Å². The molecule has 1 atom stereocenters. The molecular weight excluding hydrogens is 242 g/mol. The second kappa shape index (κ2) is 6.06. The van der Waals surface area contributed by atoms with Gasteiger partial charge in [-0.3, -0.25) is 4.79 Å². The van der Waals surface area contributed by atoms with E-state index in [0.29, 0.717) is 13.2 Å². The zero-order chi connectivity index (χ0) is 13.7. The number of nitrogens with one attached hydrogen (secondary N) is 1. The number of hydrogen-bond donors (Lipinski definition) is 2. The van der Waals surface area contributed by atoms with Gasteiger partial charge in [0, 0.05) is 12.0 Å². The van der Waals surface area contributed by atoms with E-state index in [2.05, 4.69) is 5.32 Å². The zero-order valence-electron chi connectivity index (χ0n) is 11.3. The summed E-state index contributed by atoms with van der Waals surface area (Å²) in [5, 5.41) is 12.1. The molecule has 1 aliphatic rings. The molecule has 1 unspecified atom stereocenters. The Bertz CT molecular complexity index is 415. The number of para-hydroxylation sites is 1.